The van der Waals surface area contributed by atoms with Crippen molar-refractivity contribution in [1.29, 1.82) is 0 Å². The van der Waals surface area contributed by atoms with E-state index in [1.54, 1.807) is 12.3 Å². The number of furan rings is 1. The van der Waals surface area contributed by atoms with Crippen molar-refractivity contribution < 1.29 is 13.9 Å². The zero-order valence-electron chi connectivity index (χ0n) is 11.5. The molecule has 0 saturated heterocycles. The maximum absolute atomic E-state index is 8.46. The quantitative estimate of drug-likeness (QED) is 0.771. The molecule has 0 bridgehead atoms. The predicted molar refractivity (Wildman–Crippen MR) is 76.0 cm³/mol. The molecule has 0 spiro atoms. The first-order valence-corrected chi connectivity index (χ1v) is 6.33. The first kappa shape index (κ1) is 14.1. The SMILES string of the molecule is Cc1ccc(CO)o1.Cc1ncc(-c2ccccc2)o1. The molecule has 0 aliphatic rings. The average molecular weight is 271 g/mol. The summed E-state index contributed by atoms with van der Waals surface area (Å²) in [5.41, 5.74) is 1.07. The highest BCUT2D eigenvalue weighted by atomic mass is 16.4. The minimum atomic E-state index is -0.00611. The van der Waals surface area contributed by atoms with E-state index in [-0.39, 0.29) is 6.61 Å². The van der Waals surface area contributed by atoms with Crippen LogP contribution >= 0.6 is 0 Å². The fourth-order valence-electron chi connectivity index (χ4n) is 1.67. The molecule has 4 nitrogen and oxygen atoms in total. The number of benzene rings is 1. The van der Waals surface area contributed by atoms with E-state index in [1.165, 1.54) is 0 Å². The van der Waals surface area contributed by atoms with Crippen molar-refractivity contribution in [2.24, 2.45) is 0 Å². The van der Waals surface area contributed by atoms with Gasteiger partial charge in [0.05, 0.1) is 6.20 Å². The Balaban J connectivity index is 0.000000160. The number of aliphatic hydroxyl groups is 1. The van der Waals surface area contributed by atoms with E-state index < -0.39 is 0 Å². The molecule has 0 aliphatic heterocycles. The number of nitrogens with zero attached hydrogens (tertiary/aromatic N) is 1. The molecule has 2 heterocycles. The first-order chi connectivity index (χ1) is 9.69. The Morgan fingerprint density at radius 2 is 1.75 bits per heavy atom. The van der Waals surface area contributed by atoms with Gasteiger partial charge in [-0.1, -0.05) is 30.3 Å². The topological polar surface area (TPSA) is 59.4 Å². The van der Waals surface area contributed by atoms with E-state index in [0.29, 0.717) is 11.7 Å². The van der Waals surface area contributed by atoms with Crippen molar-refractivity contribution in [2.75, 3.05) is 0 Å². The maximum Gasteiger partial charge on any atom is 0.191 e. The number of oxazole rings is 1. The third-order valence-corrected chi connectivity index (χ3v) is 2.63. The maximum atomic E-state index is 8.46. The number of rotatable bonds is 2. The van der Waals surface area contributed by atoms with E-state index in [2.05, 4.69) is 4.98 Å². The molecular formula is C16H17NO3. The van der Waals surface area contributed by atoms with Crippen molar-refractivity contribution in [2.45, 2.75) is 20.5 Å². The summed E-state index contributed by atoms with van der Waals surface area (Å²) in [7, 11) is 0. The van der Waals surface area contributed by atoms with Gasteiger partial charge < -0.3 is 13.9 Å². The molecule has 0 unspecified atom stereocenters. The van der Waals surface area contributed by atoms with Gasteiger partial charge in [-0.2, -0.15) is 0 Å². The van der Waals surface area contributed by atoms with Crippen molar-refractivity contribution in [3.8, 4) is 11.3 Å². The summed E-state index contributed by atoms with van der Waals surface area (Å²) >= 11 is 0. The number of hydrogen-bond acceptors (Lipinski definition) is 4. The van der Waals surface area contributed by atoms with Gasteiger partial charge in [0.25, 0.3) is 0 Å². The van der Waals surface area contributed by atoms with Gasteiger partial charge in [0, 0.05) is 12.5 Å². The minimum absolute atomic E-state index is 0.00611. The molecule has 4 heteroatoms. The smallest absolute Gasteiger partial charge is 0.191 e. The third-order valence-electron chi connectivity index (χ3n) is 2.63. The van der Waals surface area contributed by atoms with Crippen molar-refractivity contribution in [3.05, 3.63) is 66.1 Å². The van der Waals surface area contributed by atoms with Crippen molar-refractivity contribution in [3.63, 3.8) is 0 Å². The lowest BCUT2D eigenvalue weighted by Crippen LogP contribution is -1.73. The first-order valence-electron chi connectivity index (χ1n) is 6.33. The van der Waals surface area contributed by atoms with E-state index in [9.17, 15) is 0 Å². The summed E-state index contributed by atoms with van der Waals surface area (Å²) in [5.74, 6) is 3.00. The molecule has 104 valence electrons. The summed E-state index contributed by atoms with van der Waals surface area (Å²) in [4.78, 5) is 4.03. The zero-order valence-corrected chi connectivity index (χ0v) is 11.5. The second-order valence-corrected chi connectivity index (χ2v) is 4.28. The highest BCUT2D eigenvalue weighted by Crippen LogP contribution is 2.18. The summed E-state index contributed by atoms with van der Waals surface area (Å²) in [6.45, 7) is 3.68. The largest absolute Gasteiger partial charge is 0.464 e. The molecule has 0 fully saturated rings. The van der Waals surface area contributed by atoms with Gasteiger partial charge in [0.15, 0.2) is 11.7 Å². The van der Waals surface area contributed by atoms with Gasteiger partial charge in [0.2, 0.25) is 0 Å². The molecule has 1 N–H and O–H groups in total. The standard InChI is InChI=1S/C10H9NO.C6H8O2/c1-8-11-7-10(12-8)9-5-3-2-4-6-9;1-5-2-3-6(4-7)8-5/h2-7H,1H3;2-3,7H,4H2,1H3. The second kappa shape index (κ2) is 6.73. The Morgan fingerprint density at radius 3 is 2.20 bits per heavy atom. The third kappa shape index (κ3) is 3.83. The fraction of sp³-hybridized carbons (Fsp3) is 0.188. The second-order valence-electron chi connectivity index (χ2n) is 4.28. The lowest BCUT2D eigenvalue weighted by atomic mass is 10.2. The highest BCUT2D eigenvalue weighted by molar-refractivity contribution is 5.55. The van der Waals surface area contributed by atoms with E-state index >= 15 is 0 Å². The molecular weight excluding hydrogens is 254 g/mol. The molecule has 0 radical (unpaired) electrons. The summed E-state index contributed by atoms with van der Waals surface area (Å²) in [6, 6.07) is 13.5. The molecule has 0 atom stereocenters. The van der Waals surface area contributed by atoms with E-state index in [4.69, 9.17) is 13.9 Å². The Morgan fingerprint density at radius 1 is 1.00 bits per heavy atom. The lowest BCUT2D eigenvalue weighted by molar-refractivity contribution is 0.245. The van der Waals surface area contributed by atoms with Crippen LogP contribution in [0.4, 0.5) is 0 Å². The molecule has 0 saturated carbocycles. The van der Waals surface area contributed by atoms with Crippen molar-refractivity contribution in [1.82, 2.24) is 4.98 Å². The van der Waals surface area contributed by atoms with Crippen LogP contribution in [-0.2, 0) is 6.61 Å². The molecule has 1 aromatic carbocycles. The monoisotopic (exact) mass is 271 g/mol. The molecule has 0 amide bonds. The van der Waals surface area contributed by atoms with Crippen molar-refractivity contribution >= 4 is 0 Å². The van der Waals surface area contributed by atoms with Crippen LogP contribution in [0.2, 0.25) is 0 Å². The normalized spacial score (nSPS) is 9.95. The van der Waals surface area contributed by atoms with Gasteiger partial charge in [0.1, 0.15) is 18.1 Å². The Hall–Kier alpha value is -2.33. The van der Waals surface area contributed by atoms with Crippen LogP contribution in [-0.4, -0.2) is 10.1 Å². The lowest BCUT2D eigenvalue weighted by Gasteiger charge is -1.92. The van der Waals surface area contributed by atoms with Crippen LogP contribution in [0.1, 0.15) is 17.4 Å². The molecule has 20 heavy (non-hydrogen) atoms. The summed E-state index contributed by atoms with van der Waals surface area (Å²) in [6.07, 6.45) is 1.74. The van der Waals surface area contributed by atoms with Crippen LogP contribution in [0.15, 0.2) is 57.5 Å². The number of hydrogen-bond donors (Lipinski definition) is 1. The van der Waals surface area contributed by atoms with Gasteiger partial charge in [-0.3, -0.25) is 0 Å². The van der Waals surface area contributed by atoms with Gasteiger partial charge >= 0.3 is 0 Å². The summed E-state index contributed by atoms with van der Waals surface area (Å²) < 4.78 is 10.3. The van der Waals surface area contributed by atoms with Crippen LogP contribution in [0, 0.1) is 13.8 Å². The van der Waals surface area contributed by atoms with Crippen LogP contribution < -0.4 is 0 Å². The van der Waals surface area contributed by atoms with E-state index in [1.807, 2.05) is 50.2 Å². The number of aryl methyl sites for hydroxylation is 2. The van der Waals surface area contributed by atoms with Gasteiger partial charge in [-0.15, -0.1) is 0 Å². The number of aliphatic hydroxyl groups excluding tert-OH is 1. The molecule has 0 aliphatic carbocycles. The fourth-order valence-corrected chi connectivity index (χ4v) is 1.67. The Labute approximate surface area is 117 Å². The summed E-state index contributed by atoms with van der Waals surface area (Å²) in [5, 5.41) is 8.46. The molecule has 2 aromatic heterocycles. The van der Waals surface area contributed by atoms with Crippen LogP contribution in [0.25, 0.3) is 11.3 Å². The highest BCUT2D eigenvalue weighted by Gasteiger charge is 2.00. The van der Waals surface area contributed by atoms with E-state index in [0.717, 1.165) is 17.1 Å². The van der Waals surface area contributed by atoms with Crippen LogP contribution in [0.3, 0.4) is 0 Å². The molecule has 3 rings (SSSR count). The molecule has 3 aromatic rings. The predicted octanol–water partition coefficient (Wildman–Crippen LogP) is 3.73. The Bertz CT molecular complexity index is 641. The zero-order chi connectivity index (χ0) is 14.4. The Kier molecular flexibility index (Phi) is 4.74. The average Bonchev–Trinajstić information content (AvgIpc) is 3.09. The minimum Gasteiger partial charge on any atom is -0.464 e. The van der Waals surface area contributed by atoms with Gasteiger partial charge in [-0.05, 0) is 19.1 Å². The number of aromatic nitrogens is 1. The van der Waals surface area contributed by atoms with Crippen LogP contribution in [0.5, 0.6) is 0 Å². The van der Waals surface area contributed by atoms with Gasteiger partial charge in [-0.25, -0.2) is 4.98 Å².